The van der Waals surface area contributed by atoms with E-state index in [1.165, 1.54) is 25.3 Å². The summed E-state index contributed by atoms with van der Waals surface area (Å²) in [6.45, 7) is 2.09. The number of methoxy groups -OCH3 is 1. The molecule has 2 aromatic heterocycles. The number of hydrogen-bond donors (Lipinski definition) is 0. The lowest BCUT2D eigenvalue weighted by atomic mass is 10.1. The van der Waals surface area contributed by atoms with E-state index in [9.17, 15) is 18.4 Å². The number of carbonyl (C=O) groups is 1. The molecule has 0 saturated heterocycles. The Hall–Kier alpha value is -3.04. The molecule has 0 atom stereocenters. The van der Waals surface area contributed by atoms with E-state index in [2.05, 4.69) is 0 Å². The van der Waals surface area contributed by atoms with Gasteiger partial charge in [-0.15, -0.1) is 0 Å². The van der Waals surface area contributed by atoms with Crippen LogP contribution in [-0.2, 0) is 26.1 Å². The molecule has 0 radical (unpaired) electrons. The number of amides is 1. The largest absolute Gasteiger partial charge is 0.496 e. The van der Waals surface area contributed by atoms with Gasteiger partial charge in [0.15, 0.2) is 0 Å². The molecule has 9 heteroatoms. The lowest BCUT2D eigenvalue weighted by Gasteiger charge is -2.22. The van der Waals surface area contributed by atoms with E-state index in [0.717, 1.165) is 11.6 Å². The van der Waals surface area contributed by atoms with Crippen LogP contribution in [0, 0.1) is 11.6 Å². The SMILES string of the molecule is COc1cc(=O)n2c(c1C(=O)N(C)Cc1ccsc1)CCN(Cc1ccc(F)cc1F)CC2. The maximum Gasteiger partial charge on any atom is 0.259 e. The van der Waals surface area contributed by atoms with Crippen LogP contribution >= 0.6 is 11.3 Å². The molecule has 1 aliphatic rings. The Kier molecular flexibility index (Phi) is 6.90. The Labute approximate surface area is 194 Å². The molecule has 0 aliphatic carbocycles. The molecule has 3 aromatic rings. The van der Waals surface area contributed by atoms with Gasteiger partial charge in [0.1, 0.15) is 22.9 Å². The molecule has 1 aliphatic heterocycles. The van der Waals surface area contributed by atoms with Crippen molar-refractivity contribution in [1.82, 2.24) is 14.4 Å². The van der Waals surface area contributed by atoms with Crippen LogP contribution in [0.4, 0.5) is 8.78 Å². The Balaban J connectivity index is 1.61. The first-order chi connectivity index (χ1) is 15.9. The van der Waals surface area contributed by atoms with Crippen LogP contribution in [0.3, 0.4) is 0 Å². The summed E-state index contributed by atoms with van der Waals surface area (Å²) in [6.07, 6.45) is 0.419. The molecule has 1 amide bonds. The van der Waals surface area contributed by atoms with Crippen molar-refractivity contribution >= 4 is 17.2 Å². The molecule has 0 unspecified atom stereocenters. The molecule has 6 nitrogen and oxygen atoms in total. The average molecular weight is 474 g/mol. The minimum absolute atomic E-state index is 0.222. The number of rotatable bonds is 6. The molecule has 0 saturated carbocycles. The summed E-state index contributed by atoms with van der Waals surface area (Å²) < 4.78 is 34.4. The minimum atomic E-state index is -0.618. The van der Waals surface area contributed by atoms with Crippen molar-refractivity contribution in [3.63, 3.8) is 0 Å². The number of fused-ring (bicyclic) bond motifs is 1. The summed E-state index contributed by atoms with van der Waals surface area (Å²) in [5, 5.41) is 3.95. The third-order valence-electron chi connectivity index (χ3n) is 5.88. The number of halogens is 2. The Morgan fingerprint density at radius 3 is 2.70 bits per heavy atom. The van der Waals surface area contributed by atoms with Gasteiger partial charge in [-0.1, -0.05) is 6.07 Å². The molecule has 0 fully saturated rings. The standard InChI is InChI=1S/C24H25F2N3O3S/c1-27(13-16-6-10-33-15-16)24(31)23-20-5-7-28(14-17-3-4-18(25)11-19(17)26)8-9-29(20)22(30)12-21(23)32-2/h3-4,6,10-12,15H,5,7-9,13-14H2,1-2H3. The molecule has 0 spiro atoms. The van der Waals surface area contributed by atoms with Crippen molar-refractivity contribution in [1.29, 1.82) is 0 Å². The smallest absolute Gasteiger partial charge is 0.259 e. The number of hydrogen-bond acceptors (Lipinski definition) is 5. The number of pyridine rings is 1. The molecule has 174 valence electrons. The summed E-state index contributed by atoms with van der Waals surface area (Å²) in [5.74, 6) is -1.18. The van der Waals surface area contributed by atoms with Crippen molar-refractivity contribution in [2.24, 2.45) is 0 Å². The predicted molar refractivity (Wildman–Crippen MR) is 123 cm³/mol. The van der Waals surface area contributed by atoms with E-state index in [0.29, 0.717) is 49.4 Å². The van der Waals surface area contributed by atoms with E-state index < -0.39 is 11.6 Å². The lowest BCUT2D eigenvalue weighted by molar-refractivity contribution is 0.0779. The monoisotopic (exact) mass is 473 g/mol. The first-order valence-corrected chi connectivity index (χ1v) is 11.5. The summed E-state index contributed by atoms with van der Waals surface area (Å²) in [6, 6.07) is 6.86. The number of benzene rings is 1. The molecular formula is C24H25F2N3O3S. The minimum Gasteiger partial charge on any atom is -0.496 e. The van der Waals surface area contributed by atoms with Crippen molar-refractivity contribution in [2.45, 2.75) is 26.1 Å². The topological polar surface area (TPSA) is 54.8 Å². The van der Waals surface area contributed by atoms with Crippen LogP contribution in [0.2, 0.25) is 0 Å². The number of nitrogens with zero attached hydrogens (tertiary/aromatic N) is 3. The second kappa shape index (κ2) is 9.84. The molecule has 0 bridgehead atoms. The Bertz CT molecular complexity index is 1210. The van der Waals surface area contributed by atoms with Gasteiger partial charge in [0.2, 0.25) is 0 Å². The number of ether oxygens (including phenoxy) is 1. The Morgan fingerprint density at radius 1 is 1.18 bits per heavy atom. The van der Waals surface area contributed by atoms with Crippen molar-refractivity contribution in [3.8, 4) is 5.75 Å². The predicted octanol–water partition coefficient (Wildman–Crippen LogP) is 3.53. The molecule has 4 rings (SSSR count). The lowest BCUT2D eigenvalue weighted by Crippen LogP contribution is -2.32. The van der Waals surface area contributed by atoms with Crippen LogP contribution in [-0.4, -0.2) is 47.5 Å². The highest BCUT2D eigenvalue weighted by atomic mass is 32.1. The Morgan fingerprint density at radius 2 is 2.00 bits per heavy atom. The van der Waals surface area contributed by atoms with E-state index in [-0.39, 0.29) is 23.8 Å². The summed E-state index contributed by atoms with van der Waals surface area (Å²) in [7, 11) is 3.17. The first kappa shape index (κ1) is 23.1. The zero-order valence-electron chi connectivity index (χ0n) is 18.5. The average Bonchev–Trinajstić information content (AvgIpc) is 3.20. The normalized spacial score (nSPS) is 13.9. The summed E-state index contributed by atoms with van der Waals surface area (Å²) >= 11 is 1.57. The summed E-state index contributed by atoms with van der Waals surface area (Å²) in [5.41, 5.74) is 2.17. The van der Waals surface area contributed by atoms with Crippen LogP contribution < -0.4 is 10.3 Å². The van der Waals surface area contributed by atoms with Gasteiger partial charge in [-0.2, -0.15) is 11.3 Å². The second-order valence-electron chi connectivity index (χ2n) is 8.08. The number of carbonyl (C=O) groups excluding carboxylic acids is 1. The van der Waals surface area contributed by atoms with E-state index >= 15 is 0 Å². The molecular weight excluding hydrogens is 448 g/mol. The van der Waals surface area contributed by atoms with E-state index in [4.69, 9.17) is 4.74 Å². The van der Waals surface area contributed by atoms with E-state index in [1.54, 1.807) is 27.9 Å². The van der Waals surface area contributed by atoms with Crippen molar-refractivity contribution in [3.05, 3.63) is 85.5 Å². The van der Waals surface area contributed by atoms with Crippen LogP contribution in [0.25, 0.3) is 0 Å². The second-order valence-corrected chi connectivity index (χ2v) is 8.86. The fourth-order valence-electron chi connectivity index (χ4n) is 4.15. The van der Waals surface area contributed by atoms with E-state index in [1.807, 2.05) is 21.7 Å². The highest BCUT2D eigenvalue weighted by Gasteiger charge is 2.27. The highest BCUT2D eigenvalue weighted by molar-refractivity contribution is 7.07. The highest BCUT2D eigenvalue weighted by Crippen LogP contribution is 2.25. The first-order valence-electron chi connectivity index (χ1n) is 10.6. The zero-order chi connectivity index (χ0) is 23.5. The van der Waals surface area contributed by atoms with Crippen molar-refractivity contribution in [2.75, 3.05) is 27.2 Å². The van der Waals surface area contributed by atoms with Crippen molar-refractivity contribution < 1.29 is 18.3 Å². The number of thiophene rings is 1. The van der Waals surface area contributed by atoms with Gasteiger partial charge in [0.05, 0.1) is 7.11 Å². The molecule has 33 heavy (non-hydrogen) atoms. The van der Waals surface area contributed by atoms with Crippen LogP contribution in [0.1, 0.15) is 27.2 Å². The van der Waals surface area contributed by atoms with Gasteiger partial charge in [0.25, 0.3) is 11.5 Å². The third-order valence-corrected chi connectivity index (χ3v) is 6.61. The van der Waals surface area contributed by atoms with Gasteiger partial charge in [-0.25, -0.2) is 8.78 Å². The fraction of sp³-hybridized carbons (Fsp3) is 0.333. The van der Waals surface area contributed by atoms with Crippen LogP contribution in [0.5, 0.6) is 5.75 Å². The van der Waals surface area contributed by atoms with Gasteiger partial charge in [-0.3, -0.25) is 14.5 Å². The molecule has 3 heterocycles. The maximum absolute atomic E-state index is 14.2. The van der Waals surface area contributed by atoms with Gasteiger partial charge < -0.3 is 14.2 Å². The maximum atomic E-state index is 14.2. The molecule has 0 N–H and O–H groups in total. The summed E-state index contributed by atoms with van der Waals surface area (Å²) in [4.78, 5) is 29.8. The fourth-order valence-corrected chi connectivity index (χ4v) is 4.81. The zero-order valence-corrected chi connectivity index (χ0v) is 19.3. The van der Waals surface area contributed by atoms with Crippen LogP contribution in [0.15, 0.2) is 45.9 Å². The van der Waals surface area contributed by atoms with Gasteiger partial charge >= 0.3 is 0 Å². The third kappa shape index (κ3) is 4.99. The van der Waals surface area contributed by atoms with Gasteiger partial charge in [0, 0.05) is 69.6 Å². The number of aromatic nitrogens is 1. The quantitative estimate of drug-likeness (QED) is 0.550. The van der Waals surface area contributed by atoms with Gasteiger partial charge in [-0.05, 0) is 28.5 Å². The molecule has 1 aromatic carbocycles.